The van der Waals surface area contributed by atoms with Crippen molar-refractivity contribution < 1.29 is 0 Å². The third kappa shape index (κ3) is 2.10. The van der Waals surface area contributed by atoms with E-state index >= 15 is 0 Å². The predicted octanol–water partition coefficient (Wildman–Crippen LogP) is 3.36. The number of nitrogens with zero attached hydrogens (tertiary/aromatic N) is 1. The Morgan fingerprint density at radius 1 is 1.29 bits per heavy atom. The van der Waals surface area contributed by atoms with Crippen molar-refractivity contribution in [1.82, 2.24) is 4.90 Å². The summed E-state index contributed by atoms with van der Waals surface area (Å²) in [6.45, 7) is 2.12. The highest BCUT2D eigenvalue weighted by atomic mass is 35.5. The quantitative estimate of drug-likeness (QED) is 0.719. The zero-order valence-corrected chi connectivity index (χ0v) is 8.87. The van der Waals surface area contributed by atoms with E-state index in [0.29, 0.717) is 0 Å². The third-order valence-corrected chi connectivity index (χ3v) is 2.86. The SMILES string of the molecule is Cl/C=C1\CCCN1Cc1ccccc1. The van der Waals surface area contributed by atoms with Crippen molar-refractivity contribution in [2.75, 3.05) is 6.54 Å². The van der Waals surface area contributed by atoms with Crippen LogP contribution in [-0.2, 0) is 6.54 Å². The lowest BCUT2D eigenvalue weighted by Crippen LogP contribution is -2.16. The van der Waals surface area contributed by atoms with Crippen LogP contribution in [0, 0.1) is 0 Å². The van der Waals surface area contributed by atoms with E-state index in [1.165, 1.54) is 17.7 Å². The number of hydrogen-bond acceptors (Lipinski definition) is 1. The van der Waals surface area contributed by atoms with Crippen molar-refractivity contribution in [3.8, 4) is 0 Å². The van der Waals surface area contributed by atoms with Crippen molar-refractivity contribution in [2.24, 2.45) is 0 Å². The van der Waals surface area contributed by atoms with Gasteiger partial charge >= 0.3 is 0 Å². The minimum atomic E-state index is 0.986. The molecule has 1 saturated heterocycles. The number of halogens is 1. The van der Waals surface area contributed by atoms with Crippen molar-refractivity contribution in [3.63, 3.8) is 0 Å². The highest BCUT2D eigenvalue weighted by molar-refractivity contribution is 6.25. The molecule has 0 unspecified atom stereocenters. The van der Waals surface area contributed by atoms with Crippen LogP contribution in [0.5, 0.6) is 0 Å². The van der Waals surface area contributed by atoms with Gasteiger partial charge in [0.2, 0.25) is 0 Å². The Kier molecular flexibility index (Phi) is 3.10. The summed E-state index contributed by atoms with van der Waals surface area (Å²) in [6.07, 6.45) is 2.35. The lowest BCUT2D eigenvalue weighted by Gasteiger charge is -2.19. The van der Waals surface area contributed by atoms with Crippen LogP contribution in [0.2, 0.25) is 0 Å². The second-order valence-electron chi connectivity index (χ2n) is 3.61. The maximum absolute atomic E-state index is 5.77. The van der Waals surface area contributed by atoms with Crippen molar-refractivity contribution in [3.05, 3.63) is 47.1 Å². The summed E-state index contributed by atoms with van der Waals surface area (Å²) in [5.41, 5.74) is 4.34. The molecule has 1 aliphatic rings. The van der Waals surface area contributed by atoms with Crippen LogP contribution in [0.4, 0.5) is 0 Å². The molecule has 0 bridgehead atoms. The number of benzene rings is 1. The first kappa shape index (κ1) is 9.60. The molecule has 1 aromatic carbocycles. The molecular weight excluding hydrogens is 194 g/mol. The first-order valence-corrected chi connectivity index (χ1v) is 5.42. The highest BCUT2D eigenvalue weighted by Gasteiger charge is 2.15. The van der Waals surface area contributed by atoms with E-state index in [1.54, 1.807) is 5.54 Å². The molecule has 0 aromatic heterocycles. The number of allylic oxidation sites excluding steroid dienone is 1. The third-order valence-electron chi connectivity index (χ3n) is 2.61. The van der Waals surface area contributed by atoms with E-state index in [0.717, 1.165) is 19.5 Å². The smallest absolute Gasteiger partial charge is 0.0426 e. The summed E-state index contributed by atoms with van der Waals surface area (Å²) in [5.74, 6) is 0. The van der Waals surface area contributed by atoms with Crippen molar-refractivity contribution >= 4 is 11.6 Å². The van der Waals surface area contributed by atoms with Crippen LogP contribution >= 0.6 is 11.6 Å². The minimum Gasteiger partial charge on any atom is -0.370 e. The standard InChI is InChI=1S/C12H14ClN/c13-9-12-7-4-8-14(12)10-11-5-2-1-3-6-11/h1-3,5-6,9H,4,7-8,10H2/b12-9+. The number of likely N-dealkylation sites (tertiary alicyclic amines) is 1. The van der Waals surface area contributed by atoms with Gasteiger partial charge in [-0.05, 0) is 18.4 Å². The normalized spacial score (nSPS) is 19.2. The first-order chi connectivity index (χ1) is 6.90. The molecule has 0 amide bonds. The zero-order valence-electron chi connectivity index (χ0n) is 8.12. The summed E-state index contributed by atoms with van der Waals surface area (Å²) < 4.78 is 0. The highest BCUT2D eigenvalue weighted by Crippen LogP contribution is 2.23. The topological polar surface area (TPSA) is 3.24 Å². The second kappa shape index (κ2) is 4.52. The van der Waals surface area contributed by atoms with E-state index in [4.69, 9.17) is 11.6 Å². The number of rotatable bonds is 2. The van der Waals surface area contributed by atoms with E-state index in [-0.39, 0.29) is 0 Å². The monoisotopic (exact) mass is 207 g/mol. The molecule has 2 heteroatoms. The largest absolute Gasteiger partial charge is 0.370 e. The van der Waals surface area contributed by atoms with Gasteiger partial charge in [-0.2, -0.15) is 0 Å². The van der Waals surface area contributed by atoms with Crippen LogP contribution in [0.1, 0.15) is 18.4 Å². The lowest BCUT2D eigenvalue weighted by atomic mass is 10.2. The second-order valence-corrected chi connectivity index (χ2v) is 3.83. The van der Waals surface area contributed by atoms with E-state index < -0.39 is 0 Å². The van der Waals surface area contributed by atoms with Gasteiger partial charge in [-0.15, -0.1) is 0 Å². The van der Waals surface area contributed by atoms with Gasteiger partial charge in [0.25, 0.3) is 0 Å². The van der Waals surface area contributed by atoms with Crippen LogP contribution in [-0.4, -0.2) is 11.4 Å². The fraction of sp³-hybridized carbons (Fsp3) is 0.333. The minimum absolute atomic E-state index is 0.986. The lowest BCUT2D eigenvalue weighted by molar-refractivity contribution is 0.387. The average molecular weight is 208 g/mol. The van der Waals surface area contributed by atoms with Gasteiger partial charge in [-0.25, -0.2) is 0 Å². The molecule has 1 aromatic rings. The van der Waals surface area contributed by atoms with Gasteiger partial charge in [0.05, 0.1) is 0 Å². The maximum atomic E-state index is 5.77. The van der Waals surface area contributed by atoms with Gasteiger partial charge in [0.1, 0.15) is 0 Å². The maximum Gasteiger partial charge on any atom is 0.0426 e. The van der Waals surface area contributed by atoms with Crippen molar-refractivity contribution in [2.45, 2.75) is 19.4 Å². The van der Waals surface area contributed by atoms with Crippen LogP contribution in [0.3, 0.4) is 0 Å². The molecule has 0 spiro atoms. The summed E-state index contributed by atoms with van der Waals surface area (Å²) in [7, 11) is 0. The summed E-state index contributed by atoms with van der Waals surface area (Å²) in [6, 6.07) is 10.5. The molecule has 14 heavy (non-hydrogen) atoms. The van der Waals surface area contributed by atoms with E-state index in [2.05, 4.69) is 29.2 Å². The Hall–Kier alpha value is -0.950. The van der Waals surface area contributed by atoms with Gasteiger partial charge < -0.3 is 4.90 Å². The molecule has 0 radical (unpaired) electrons. The molecule has 74 valence electrons. The van der Waals surface area contributed by atoms with Crippen LogP contribution in [0.15, 0.2) is 41.6 Å². The molecule has 1 fully saturated rings. The molecular formula is C12H14ClN. The molecule has 1 nitrogen and oxygen atoms in total. The summed E-state index contributed by atoms with van der Waals surface area (Å²) in [4.78, 5) is 2.35. The Labute approximate surface area is 90.0 Å². The van der Waals surface area contributed by atoms with E-state index in [1.807, 2.05) is 6.07 Å². The van der Waals surface area contributed by atoms with Gasteiger partial charge in [-0.1, -0.05) is 41.9 Å². The molecule has 0 saturated carbocycles. The fourth-order valence-electron chi connectivity index (χ4n) is 1.86. The Balaban J connectivity index is 2.04. The van der Waals surface area contributed by atoms with E-state index in [9.17, 15) is 0 Å². The van der Waals surface area contributed by atoms with Crippen molar-refractivity contribution in [1.29, 1.82) is 0 Å². The average Bonchev–Trinajstić information content (AvgIpc) is 2.67. The van der Waals surface area contributed by atoms with Gasteiger partial charge in [-0.3, -0.25) is 0 Å². The summed E-state index contributed by atoms with van der Waals surface area (Å²) in [5, 5.41) is 0. The predicted molar refractivity (Wildman–Crippen MR) is 60.0 cm³/mol. The van der Waals surface area contributed by atoms with Crippen LogP contribution < -0.4 is 0 Å². The Morgan fingerprint density at radius 2 is 2.07 bits per heavy atom. The zero-order chi connectivity index (χ0) is 9.80. The fourth-order valence-corrected chi connectivity index (χ4v) is 2.11. The van der Waals surface area contributed by atoms with Gasteiger partial charge in [0, 0.05) is 24.3 Å². The first-order valence-electron chi connectivity index (χ1n) is 4.98. The molecule has 1 aliphatic heterocycles. The van der Waals surface area contributed by atoms with Crippen LogP contribution in [0.25, 0.3) is 0 Å². The molecule has 0 N–H and O–H groups in total. The Bertz CT molecular complexity index is 318. The number of hydrogen-bond donors (Lipinski definition) is 0. The Morgan fingerprint density at radius 3 is 2.79 bits per heavy atom. The molecule has 2 rings (SSSR count). The molecule has 1 heterocycles. The summed E-state index contributed by atoms with van der Waals surface area (Å²) >= 11 is 5.77. The molecule has 0 aliphatic carbocycles. The molecule has 0 atom stereocenters. The van der Waals surface area contributed by atoms with Gasteiger partial charge in [0.15, 0.2) is 0 Å².